The van der Waals surface area contributed by atoms with E-state index in [1.165, 1.54) is 12.1 Å². The zero-order valence-electron chi connectivity index (χ0n) is 12.5. The first-order valence-electron chi connectivity index (χ1n) is 7.19. The van der Waals surface area contributed by atoms with Gasteiger partial charge in [-0.2, -0.15) is 0 Å². The molecule has 2 unspecified atom stereocenters. The summed E-state index contributed by atoms with van der Waals surface area (Å²) < 4.78 is 54.3. The normalized spacial score (nSPS) is 21.2. The molecule has 2 N–H and O–H groups in total. The second-order valence-electron chi connectivity index (χ2n) is 5.43. The van der Waals surface area contributed by atoms with Gasteiger partial charge in [0.15, 0.2) is 11.6 Å². The molecule has 0 spiro atoms. The van der Waals surface area contributed by atoms with Crippen LogP contribution in [0.25, 0.3) is 0 Å². The van der Waals surface area contributed by atoms with Gasteiger partial charge in [-0.25, -0.2) is 21.9 Å². The quantitative estimate of drug-likeness (QED) is 0.838. The fourth-order valence-electron chi connectivity index (χ4n) is 2.80. The Morgan fingerprint density at radius 1 is 1.21 bits per heavy atom. The van der Waals surface area contributed by atoms with E-state index in [0.29, 0.717) is 25.1 Å². The van der Waals surface area contributed by atoms with E-state index in [2.05, 4.69) is 10.0 Å². The lowest BCUT2D eigenvalue weighted by atomic mass is 9.86. The molecule has 1 aromatic heterocycles. The number of halogens is 3. The van der Waals surface area contributed by atoms with Crippen molar-refractivity contribution in [3.63, 3.8) is 0 Å². The maximum atomic E-state index is 13.5. The molecule has 0 aliphatic carbocycles. The van der Waals surface area contributed by atoms with E-state index < -0.39 is 27.7 Å². The smallest absolute Gasteiger partial charge is 0.250 e. The number of nitrogens with one attached hydrogen (secondary N) is 2. The third kappa shape index (κ3) is 4.12. The predicted molar refractivity (Wildman–Crippen MR) is 92.3 cm³/mol. The van der Waals surface area contributed by atoms with Crippen LogP contribution in [0, 0.1) is 11.6 Å². The van der Waals surface area contributed by atoms with Crippen molar-refractivity contribution in [2.24, 2.45) is 0 Å². The summed E-state index contributed by atoms with van der Waals surface area (Å²) in [5.41, 5.74) is 0.601. The highest BCUT2D eigenvalue weighted by molar-refractivity contribution is 7.91. The number of hydrogen-bond donors (Lipinski definition) is 2. The Bertz CT molecular complexity index is 785. The van der Waals surface area contributed by atoms with E-state index in [-0.39, 0.29) is 22.5 Å². The van der Waals surface area contributed by atoms with Crippen molar-refractivity contribution in [1.29, 1.82) is 0 Å². The summed E-state index contributed by atoms with van der Waals surface area (Å²) in [7, 11) is -3.62. The summed E-state index contributed by atoms with van der Waals surface area (Å²) in [6, 6.07) is 6.54. The van der Waals surface area contributed by atoms with Crippen LogP contribution in [0.15, 0.2) is 39.9 Å². The van der Waals surface area contributed by atoms with Gasteiger partial charge >= 0.3 is 0 Å². The van der Waals surface area contributed by atoms with Crippen LogP contribution in [-0.2, 0) is 10.0 Å². The van der Waals surface area contributed by atoms with Crippen LogP contribution >= 0.6 is 23.7 Å². The van der Waals surface area contributed by atoms with Gasteiger partial charge in [0.25, 0.3) is 0 Å². The summed E-state index contributed by atoms with van der Waals surface area (Å²) in [5, 5.41) is 4.83. The van der Waals surface area contributed by atoms with Gasteiger partial charge in [0.05, 0.1) is 0 Å². The topological polar surface area (TPSA) is 58.2 Å². The van der Waals surface area contributed by atoms with Crippen LogP contribution in [0.2, 0.25) is 0 Å². The summed E-state index contributed by atoms with van der Waals surface area (Å²) in [4.78, 5) is 0. The van der Waals surface area contributed by atoms with Crippen molar-refractivity contribution in [2.45, 2.75) is 22.6 Å². The summed E-state index contributed by atoms with van der Waals surface area (Å²) >= 11 is 1.14. The van der Waals surface area contributed by atoms with Crippen LogP contribution in [0.4, 0.5) is 8.78 Å². The summed E-state index contributed by atoms with van der Waals surface area (Å²) in [5.74, 6) is -2.03. The minimum Gasteiger partial charge on any atom is -0.315 e. The molecule has 132 valence electrons. The van der Waals surface area contributed by atoms with E-state index >= 15 is 0 Å². The lowest BCUT2D eigenvalue weighted by Crippen LogP contribution is -2.49. The molecule has 3 rings (SSSR count). The van der Waals surface area contributed by atoms with Gasteiger partial charge in [-0.3, -0.25) is 0 Å². The van der Waals surface area contributed by atoms with Crippen LogP contribution in [-0.4, -0.2) is 27.5 Å². The Balaban J connectivity index is 0.00000208. The molecule has 1 aliphatic rings. The second kappa shape index (κ2) is 7.88. The Hall–Kier alpha value is -1.06. The molecule has 1 aromatic carbocycles. The molecule has 1 fully saturated rings. The monoisotopic (exact) mass is 394 g/mol. The van der Waals surface area contributed by atoms with Gasteiger partial charge in [-0.1, -0.05) is 12.1 Å². The zero-order valence-corrected chi connectivity index (χ0v) is 15.0. The number of hydrogen-bond acceptors (Lipinski definition) is 4. The molecular weight excluding hydrogens is 378 g/mol. The Labute approximate surface area is 149 Å². The average Bonchev–Trinajstić information content (AvgIpc) is 3.06. The number of piperidine rings is 1. The van der Waals surface area contributed by atoms with Crippen LogP contribution in [0.5, 0.6) is 0 Å². The third-order valence-electron chi connectivity index (χ3n) is 3.92. The lowest BCUT2D eigenvalue weighted by Gasteiger charge is -2.32. The molecule has 0 bridgehead atoms. The van der Waals surface area contributed by atoms with Crippen molar-refractivity contribution < 1.29 is 17.2 Å². The Kier molecular flexibility index (Phi) is 6.33. The molecule has 2 atom stereocenters. The van der Waals surface area contributed by atoms with Crippen LogP contribution in [0.1, 0.15) is 17.9 Å². The fraction of sp³-hybridized carbons (Fsp3) is 0.333. The minimum absolute atomic E-state index is 0. The van der Waals surface area contributed by atoms with Gasteiger partial charge in [-0.05, 0) is 42.1 Å². The van der Waals surface area contributed by atoms with E-state index in [9.17, 15) is 17.2 Å². The highest BCUT2D eigenvalue weighted by Gasteiger charge is 2.31. The fourth-order valence-corrected chi connectivity index (χ4v) is 5.08. The van der Waals surface area contributed by atoms with Crippen molar-refractivity contribution in [3.8, 4) is 0 Å². The van der Waals surface area contributed by atoms with Gasteiger partial charge < -0.3 is 5.32 Å². The predicted octanol–water partition coefficient (Wildman–Crippen LogP) is 2.87. The summed E-state index contributed by atoms with van der Waals surface area (Å²) in [6.07, 6.45) is 0.642. The molecule has 9 heteroatoms. The first kappa shape index (κ1) is 19.3. The molecule has 1 aliphatic heterocycles. The largest absolute Gasteiger partial charge is 0.315 e. The van der Waals surface area contributed by atoms with E-state index in [1.54, 1.807) is 11.4 Å². The van der Waals surface area contributed by atoms with Gasteiger partial charge in [0.2, 0.25) is 10.0 Å². The Morgan fingerprint density at radius 2 is 2.00 bits per heavy atom. The second-order valence-corrected chi connectivity index (χ2v) is 8.32. The maximum Gasteiger partial charge on any atom is 0.250 e. The van der Waals surface area contributed by atoms with E-state index in [0.717, 1.165) is 23.5 Å². The van der Waals surface area contributed by atoms with Crippen molar-refractivity contribution >= 4 is 33.8 Å². The highest BCUT2D eigenvalue weighted by atomic mass is 35.5. The van der Waals surface area contributed by atoms with Gasteiger partial charge in [0.1, 0.15) is 4.21 Å². The molecule has 24 heavy (non-hydrogen) atoms. The molecular formula is C15H17ClF2N2O2S2. The molecule has 0 amide bonds. The van der Waals surface area contributed by atoms with Crippen LogP contribution < -0.4 is 10.0 Å². The van der Waals surface area contributed by atoms with Crippen LogP contribution in [0.3, 0.4) is 0 Å². The number of rotatable bonds is 4. The number of benzene rings is 1. The van der Waals surface area contributed by atoms with Crippen molar-refractivity contribution in [2.75, 3.05) is 13.1 Å². The molecule has 0 radical (unpaired) electrons. The average molecular weight is 395 g/mol. The molecule has 0 saturated carbocycles. The number of thiophene rings is 1. The molecule has 2 aromatic rings. The summed E-state index contributed by atoms with van der Waals surface area (Å²) in [6.45, 7) is 1.13. The zero-order chi connectivity index (χ0) is 16.4. The molecule has 4 nitrogen and oxygen atoms in total. The lowest BCUT2D eigenvalue weighted by molar-refractivity contribution is 0.376. The van der Waals surface area contributed by atoms with E-state index in [4.69, 9.17) is 0 Å². The third-order valence-corrected chi connectivity index (χ3v) is 6.81. The van der Waals surface area contributed by atoms with Gasteiger partial charge in [0, 0.05) is 18.5 Å². The molecule has 1 saturated heterocycles. The Morgan fingerprint density at radius 3 is 2.67 bits per heavy atom. The standard InChI is InChI=1S/C15H16F2N2O2S2.ClH/c16-12-4-3-10(8-13(12)17)11-5-6-18-9-14(11)19-23(20,21)15-2-1-7-22-15;/h1-4,7-8,11,14,18-19H,5-6,9H2;1H. The SMILES string of the molecule is Cl.O=S(=O)(NC1CNCCC1c1ccc(F)c(F)c1)c1cccs1. The first-order chi connectivity index (χ1) is 11.0. The van der Waals surface area contributed by atoms with Crippen molar-refractivity contribution in [3.05, 3.63) is 52.9 Å². The van der Waals surface area contributed by atoms with E-state index in [1.807, 2.05) is 0 Å². The molecule has 2 heterocycles. The number of sulfonamides is 1. The highest BCUT2D eigenvalue weighted by Crippen LogP contribution is 2.28. The minimum atomic E-state index is -3.62. The van der Waals surface area contributed by atoms with Gasteiger partial charge in [-0.15, -0.1) is 23.7 Å². The first-order valence-corrected chi connectivity index (χ1v) is 9.55. The van der Waals surface area contributed by atoms with Crippen molar-refractivity contribution in [1.82, 2.24) is 10.0 Å². The maximum absolute atomic E-state index is 13.5.